The Kier molecular flexibility index (Phi) is 8.12. The highest BCUT2D eigenvalue weighted by molar-refractivity contribution is 7.89. The number of hydrogen-bond donors (Lipinski definition) is 1. The van der Waals surface area contributed by atoms with Crippen molar-refractivity contribution in [3.8, 4) is 5.75 Å². The molecule has 1 N–H and O–H groups in total. The van der Waals surface area contributed by atoms with Crippen molar-refractivity contribution < 1.29 is 17.9 Å². The lowest BCUT2D eigenvalue weighted by molar-refractivity contribution is 0.0655. The number of piperazine rings is 1. The van der Waals surface area contributed by atoms with E-state index in [0.29, 0.717) is 25.2 Å². The van der Waals surface area contributed by atoms with Crippen molar-refractivity contribution in [1.82, 2.24) is 14.5 Å². The number of ether oxygens (including phenoxy) is 1. The van der Waals surface area contributed by atoms with Gasteiger partial charge in [0, 0.05) is 44.3 Å². The van der Waals surface area contributed by atoms with Crippen LogP contribution in [0.4, 0.5) is 0 Å². The van der Waals surface area contributed by atoms with Crippen molar-refractivity contribution in [2.75, 3.05) is 39.8 Å². The highest BCUT2D eigenvalue weighted by Gasteiger charge is 2.31. The summed E-state index contributed by atoms with van der Waals surface area (Å²) in [6.07, 6.45) is 3.81. The molecule has 28 heavy (non-hydrogen) atoms. The molecule has 0 spiro atoms. The van der Waals surface area contributed by atoms with Crippen LogP contribution in [-0.4, -0.2) is 69.4 Å². The van der Waals surface area contributed by atoms with Crippen LogP contribution in [0, 0.1) is 0 Å². The van der Waals surface area contributed by atoms with Crippen LogP contribution >= 0.6 is 12.4 Å². The molecular weight excluding hydrogens is 402 g/mol. The minimum Gasteiger partial charge on any atom is -0.495 e. The molecule has 2 saturated heterocycles. The van der Waals surface area contributed by atoms with Crippen LogP contribution in [0.15, 0.2) is 23.1 Å². The number of methoxy groups -OCH3 is 1. The molecule has 7 nitrogen and oxygen atoms in total. The van der Waals surface area contributed by atoms with E-state index in [0.717, 1.165) is 38.8 Å². The van der Waals surface area contributed by atoms with Gasteiger partial charge in [-0.25, -0.2) is 8.42 Å². The maximum Gasteiger partial charge on any atom is 0.254 e. The first-order chi connectivity index (χ1) is 12.9. The third kappa shape index (κ3) is 4.79. The lowest BCUT2D eigenvalue weighted by atomic mass is 10.1. The Morgan fingerprint density at radius 1 is 1.14 bits per heavy atom. The summed E-state index contributed by atoms with van der Waals surface area (Å²) < 4.78 is 33.3. The summed E-state index contributed by atoms with van der Waals surface area (Å²) in [5.74, 6) is 0.142. The maximum absolute atomic E-state index is 13.2. The predicted molar refractivity (Wildman–Crippen MR) is 111 cm³/mol. The molecule has 1 amide bonds. The topological polar surface area (TPSA) is 79.0 Å². The van der Waals surface area contributed by atoms with E-state index in [9.17, 15) is 13.2 Å². The molecule has 0 bridgehead atoms. The Bertz CT molecular complexity index is 779. The van der Waals surface area contributed by atoms with Gasteiger partial charge < -0.3 is 15.0 Å². The molecule has 0 radical (unpaired) electrons. The summed E-state index contributed by atoms with van der Waals surface area (Å²) in [6, 6.07) is 4.79. The summed E-state index contributed by atoms with van der Waals surface area (Å²) in [5.41, 5.74) is 0.387. The molecular formula is C19H30ClN3O4S. The fourth-order valence-electron chi connectivity index (χ4n) is 3.74. The molecule has 2 heterocycles. The van der Waals surface area contributed by atoms with E-state index in [1.54, 1.807) is 17.0 Å². The monoisotopic (exact) mass is 431 g/mol. The minimum absolute atomic E-state index is 0. The van der Waals surface area contributed by atoms with Gasteiger partial charge in [0.05, 0.1) is 7.11 Å². The number of sulfonamides is 1. The highest BCUT2D eigenvalue weighted by atomic mass is 35.5. The zero-order valence-corrected chi connectivity index (χ0v) is 18.2. The van der Waals surface area contributed by atoms with Crippen molar-refractivity contribution >= 4 is 28.3 Å². The summed E-state index contributed by atoms with van der Waals surface area (Å²) in [7, 11) is -2.25. The molecule has 2 fully saturated rings. The van der Waals surface area contributed by atoms with Gasteiger partial charge in [-0.1, -0.05) is 12.8 Å². The Hall–Kier alpha value is -1.35. The van der Waals surface area contributed by atoms with E-state index in [-0.39, 0.29) is 35.0 Å². The standard InChI is InChI=1S/C19H29N3O4S.ClH/c1-15-14-20-9-12-22(15)19(23)16-7-8-17(26-2)18(13-16)27(24,25)21-10-5-3-4-6-11-21;/h7-8,13,15,20H,3-6,9-12,14H2,1-2H3;1H/t15-;/m0./s1. The first kappa shape index (κ1) is 22.9. The van der Waals surface area contributed by atoms with Crippen LogP contribution in [0.2, 0.25) is 0 Å². The van der Waals surface area contributed by atoms with E-state index in [4.69, 9.17) is 4.74 Å². The second-order valence-corrected chi connectivity index (χ2v) is 9.14. The largest absolute Gasteiger partial charge is 0.495 e. The predicted octanol–water partition coefficient (Wildman–Crippen LogP) is 2.12. The average Bonchev–Trinajstić information content (AvgIpc) is 2.97. The van der Waals surface area contributed by atoms with Gasteiger partial charge in [0.25, 0.3) is 5.91 Å². The summed E-state index contributed by atoms with van der Waals surface area (Å²) >= 11 is 0. The Morgan fingerprint density at radius 2 is 1.82 bits per heavy atom. The van der Waals surface area contributed by atoms with E-state index in [2.05, 4.69) is 5.32 Å². The van der Waals surface area contributed by atoms with Gasteiger partial charge in [-0.3, -0.25) is 4.79 Å². The highest BCUT2D eigenvalue weighted by Crippen LogP contribution is 2.30. The lowest BCUT2D eigenvalue weighted by Crippen LogP contribution is -2.52. The second kappa shape index (κ2) is 9.91. The average molecular weight is 432 g/mol. The van der Waals surface area contributed by atoms with Crippen LogP contribution in [-0.2, 0) is 10.0 Å². The van der Waals surface area contributed by atoms with Crippen LogP contribution in [0.3, 0.4) is 0 Å². The first-order valence-electron chi connectivity index (χ1n) is 9.65. The van der Waals surface area contributed by atoms with E-state index in [1.165, 1.54) is 17.5 Å². The Morgan fingerprint density at radius 3 is 2.43 bits per heavy atom. The van der Waals surface area contributed by atoms with Crippen LogP contribution in [0.25, 0.3) is 0 Å². The molecule has 0 saturated carbocycles. The number of nitrogens with one attached hydrogen (secondary N) is 1. The summed E-state index contributed by atoms with van der Waals surface area (Å²) in [4.78, 5) is 14.8. The molecule has 1 aromatic carbocycles. The normalized spacial score (nSPS) is 21.5. The van der Waals surface area contributed by atoms with Gasteiger partial charge in [-0.15, -0.1) is 12.4 Å². The van der Waals surface area contributed by atoms with Gasteiger partial charge >= 0.3 is 0 Å². The number of rotatable bonds is 4. The minimum atomic E-state index is -3.70. The number of halogens is 1. The van der Waals surface area contributed by atoms with Crippen molar-refractivity contribution in [1.29, 1.82) is 0 Å². The quantitative estimate of drug-likeness (QED) is 0.789. The fourth-order valence-corrected chi connectivity index (χ4v) is 5.44. The number of carbonyl (C=O) groups is 1. The molecule has 158 valence electrons. The fraction of sp³-hybridized carbons (Fsp3) is 0.632. The van der Waals surface area contributed by atoms with Crippen LogP contribution in [0.5, 0.6) is 5.75 Å². The van der Waals surface area contributed by atoms with Gasteiger partial charge in [-0.05, 0) is 38.0 Å². The van der Waals surface area contributed by atoms with Gasteiger partial charge in [0.1, 0.15) is 10.6 Å². The number of amides is 1. The molecule has 2 aliphatic heterocycles. The third-order valence-electron chi connectivity index (χ3n) is 5.36. The van der Waals surface area contributed by atoms with Gasteiger partial charge in [-0.2, -0.15) is 4.31 Å². The van der Waals surface area contributed by atoms with Crippen molar-refractivity contribution in [2.45, 2.75) is 43.5 Å². The van der Waals surface area contributed by atoms with Crippen molar-refractivity contribution in [3.05, 3.63) is 23.8 Å². The number of benzene rings is 1. The number of nitrogens with zero attached hydrogens (tertiary/aromatic N) is 2. The lowest BCUT2D eigenvalue weighted by Gasteiger charge is -2.34. The maximum atomic E-state index is 13.2. The van der Waals surface area contributed by atoms with Crippen molar-refractivity contribution in [3.63, 3.8) is 0 Å². The van der Waals surface area contributed by atoms with Crippen LogP contribution in [0.1, 0.15) is 43.0 Å². The molecule has 1 atom stereocenters. The molecule has 1 aromatic rings. The number of carbonyl (C=O) groups excluding carboxylic acids is 1. The van der Waals surface area contributed by atoms with Crippen LogP contribution < -0.4 is 10.1 Å². The summed E-state index contributed by atoms with van der Waals surface area (Å²) in [6.45, 7) is 5.10. The Labute approximate surface area is 173 Å². The zero-order valence-electron chi connectivity index (χ0n) is 16.5. The molecule has 2 aliphatic rings. The number of hydrogen-bond acceptors (Lipinski definition) is 5. The molecule has 0 aromatic heterocycles. The second-order valence-electron chi connectivity index (χ2n) is 7.24. The van der Waals surface area contributed by atoms with E-state index in [1.807, 2.05) is 6.92 Å². The first-order valence-corrected chi connectivity index (χ1v) is 11.1. The van der Waals surface area contributed by atoms with Gasteiger partial charge in [0.2, 0.25) is 10.0 Å². The molecule has 9 heteroatoms. The summed E-state index contributed by atoms with van der Waals surface area (Å²) in [5, 5.41) is 3.26. The third-order valence-corrected chi connectivity index (χ3v) is 7.28. The SMILES string of the molecule is COc1ccc(C(=O)N2CCNC[C@@H]2C)cc1S(=O)(=O)N1CCCCCC1.Cl. The zero-order chi connectivity index (χ0) is 19.4. The van der Waals surface area contributed by atoms with E-state index < -0.39 is 10.0 Å². The van der Waals surface area contributed by atoms with E-state index >= 15 is 0 Å². The smallest absolute Gasteiger partial charge is 0.254 e. The molecule has 3 rings (SSSR count). The Balaban J connectivity index is 0.00000280. The van der Waals surface area contributed by atoms with Crippen molar-refractivity contribution in [2.24, 2.45) is 0 Å². The van der Waals surface area contributed by atoms with Gasteiger partial charge in [0.15, 0.2) is 0 Å². The molecule has 0 unspecified atom stereocenters. The molecule has 0 aliphatic carbocycles.